The number of piperazine rings is 1. The standard InChI is InChI=1S/C11H15F3N4O2S/c1-20-8(19)2-3-17-4-6-18(7-5-17)10-16-15-9(21-10)11(12,13)14/h2-7H2,1H3. The molecule has 118 valence electrons. The van der Waals surface area contributed by atoms with Crippen LogP contribution in [0.2, 0.25) is 0 Å². The van der Waals surface area contributed by atoms with Crippen LogP contribution in [0.25, 0.3) is 0 Å². The average molecular weight is 324 g/mol. The van der Waals surface area contributed by atoms with Crippen LogP contribution in [0.4, 0.5) is 18.3 Å². The Balaban J connectivity index is 1.84. The predicted octanol–water partition coefficient (Wildman–Crippen LogP) is 1.24. The summed E-state index contributed by atoms with van der Waals surface area (Å²) in [5, 5.41) is 6.14. The van der Waals surface area contributed by atoms with Crippen LogP contribution in [-0.2, 0) is 15.7 Å². The summed E-state index contributed by atoms with van der Waals surface area (Å²) in [6, 6.07) is 0. The topological polar surface area (TPSA) is 58.6 Å². The maximum Gasteiger partial charge on any atom is 0.445 e. The third-order valence-corrected chi connectivity index (χ3v) is 4.19. The smallest absolute Gasteiger partial charge is 0.445 e. The monoisotopic (exact) mass is 324 g/mol. The van der Waals surface area contributed by atoms with Gasteiger partial charge in [0.15, 0.2) is 0 Å². The molecule has 0 aromatic carbocycles. The first-order valence-corrected chi connectivity index (χ1v) is 7.16. The summed E-state index contributed by atoms with van der Waals surface area (Å²) >= 11 is 0.556. The maximum absolute atomic E-state index is 12.5. The average Bonchev–Trinajstić information content (AvgIpc) is 2.95. The molecular formula is C11H15F3N4O2S. The summed E-state index contributed by atoms with van der Waals surface area (Å²) in [7, 11) is 1.34. The Morgan fingerprint density at radius 2 is 1.95 bits per heavy atom. The van der Waals surface area contributed by atoms with Gasteiger partial charge >= 0.3 is 12.1 Å². The van der Waals surface area contributed by atoms with Crippen LogP contribution in [0, 0.1) is 0 Å². The quantitative estimate of drug-likeness (QED) is 0.777. The molecule has 0 N–H and O–H groups in total. The van der Waals surface area contributed by atoms with Gasteiger partial charge in [0.2, 0.25) is 10.1 Å². The summed E-state index contributed by atoms with van der Waals surface area (Å²) in [4.78, 5) is 14.9. The fraction of sp³-hybridized carbons (Fsp3) is 0.727. The second kappa shape index (κ2) is 6.56. The van der Waals surface area contributed by atoms with Gasteiger partial charge in [-0.1, -0.05) is 11.3 Å². The zero-order chi connectivity index (χ0) is 15.5. The van der Waals surface area contributed by atoms with E-state index in [2.05, 4.69) is 19.8 Å². The molecule has 0 saturated carbocycles. The second-order valence-electron chi connectivity index (χ2n) is 4.54. The molecule has 0 atom stereocenters. The molecule has 21 heavy (non-hydrogen) atoms. The third kappa shape index (κ3) is 4.27. The van der Waals surface area contributed by atoms with Crippen molar-refractivity contribution in [1.82, 2.24) is 15.1 Å². The first-order chi connectivity index (χ1) is 9.90. The molecule has 0 aliphatic carbocycles. The van der Waals surface area contributed by atoms with Crippen molar-refractivity contribution in [2.75, 3.05) is 44.7 Å². The molecule has 0 radical (unpaired) electrons. The van der Waals surface area contributed by atoms with Crippen LogP contribution >= 0.6 is 11.3 Å². The van der Waals surface area contributed by atoms with Crippen LogP contribution < -0.4 is 4.90 Å². The minimum absolute atomic E-state index is 0.267. The first kappa shape index (κ1) is 16.0. The van der Waals surface area contributed by atoms with Gasteiger partial charge in [-0.15, -0.1) is 10.2 Å². The van der Waals surface area contributed by atoms with Gasteiger partial charge in [-0.2, -0.15) is 13.2 Å². The molecule has 6 nitrogen and oxygen atoms in total. The molecule has 2 heterocycles. The summed E-state index contributed by atoms with van der Waals surface area (Å²) < 4.78 is 42.0. The number of halogens is 3. The van der Waals surface area contributed by atoms with Gasteiger partial charge < -0.3 is 9.64 Å². The zero-order valence-electron chi connectivity index (χ0n) is 11.4. The highest BCUT2D eigenvalue weighted by atomic mass is 32.1. The molecule has 1 aromatic rings. The lowest BCUT2D eigenvalue weighted by Crippen LogP contribution is -2.47. The Kier molecular flexibility index (Phi) is 4.99. The number of esters is 1. The van der Waals surface area contributed by atoms with E-state index in [1.165, 1.54) is 7.11 Å². The number of aromatic nitrogens is 2. The first-order valence-electron chi connectivity index (χ1n) is 6.35. The van der Waals surface area contributed by atoms with Crippen LogP contribution in [-0.4, -0.2) is 60.9 Å². The molecule has 0 bridgehead atoms. The van der Waals surface area contributed by atoms with E-state index in [9.17, 15) is 18.0 Å². The molecule has 0 spiro atoms. The van der Waals surface area contributed by atoms with E-state index in [4.69, 9.17) is 0 Å². The maximum atomic E-state index is 12.5. The zero-order valence-corrected chi connectivity index (χ0v) is 12.2. The summed E-state index contributed by atoms with van der Waals surface area (Å²) in [5.74, 6) is -0.267. The Bertz CT molecular complexity index is 486. The van der Waals surface area contributed by atoms with E-state index in [0.29, 0.717) is 50.5 Å². The van der Waals surface area contributed by atoms with Crippen molar-refractivity contribution in [3.8, 4) is 0 Å². The molecule has 1 fully saturated rings. The normalized spacial score (nSPS) is 17.0. The molecule has 0 amide bonds. The Morgan fingerprint density at radius 1 is 1.29 bits per heavy atom. The van der Waals surface area contributed by atoms with Crippen molar-refractivity contribution >= 4 is 22.4 Å². The molecule has 1 aliphatic heterocycles. The largest absolute Gasteiger partial charge is 0.469 e. The number of methoxy groups -OCH3 is 1. The minimum atomic E-state index is -4.45. The van der Waals surface area contributed by atoms with Crippen molar-refractivity contribution in [1.29, 1.82) is 0 Å². The van der Waals surface area contributed by atoms with E-state index in [1.807, 2.05) is 0 Å². The molecule has 1 saturated heterocycles. The number of anilines is 1. The highest BCUT2D eigenvalue weighted by Gasteiger charge is 2.36. The summed E-state index contributed by atoms with van der Waals surface area (Å²) in [6.45, 7) is 3.04. The van der Waals surface area contributed by atoms with Gasteiger partial charge in [0.05, 0.1) is 13.5 Å². The highest BCUT2D eigenvalue weighted by molar-refractivity contribution is 7.15. The number of hydrogen-bond donors (Lipinski definition) is 0. The molecular weight excluding hydrogens is 309 g/mol. The van der Waals surface area contributed by atoms with Crippen molar-refractivity contribution in [3.63, 3.8) is 0 Å². The lowest BCUT2D eigenvalue weighted by Gasteiger charge is -2.34. The summed E-state index contributed by atoms with van der Waals surface area (Å²) in [6.07, 6.45) is -4.13. The van der Waals surface area contributed by atoms with Crippen LogP contribution in [0.3, 0.4) is 0 Å². The molecule has 1 aliphatic rings. The molecule has 1 aromatic heterocycles. The van der Waals surface area contributed by atoms with Gasteiger partial charge in [0.1, 0.15) is 0 Å². The van der Waals surface area contributed by atoms with Gasteiger partial charge in [-0.25, -0.2) is 0 Å². The van der Waals surface area contributed by atoms with Crippen molar-refractivity contribution in [2.24, 2.45) is 0 Å². The minimum Gasteiger partial charge on any atom is -0.469 e. The number of nitrogens with zero attached hydrogens (tertiary/aromatic N) is 4. The third-order valence-electron chi connectivity index (χ3n) is 3.16. The van der Waals surface area contributed by atoms with Gasteiger partial charge in [-0.05, 0) is 0 Å². The lowest BCUT2D eigenvalue weighted by atomic mass is 10.3. The second-order valence-corrected chi connectivity index (χ2v) is 5.50. The number of carbonyl (C=O) groups is 1. The number of ether oxygens (including phenoxy) is 1. The number of hydrogen-bond acceptors (Lipinski definition) is 7. The fourth-order valence-corrected chi connectivity index (χ4v) is 2.74. The fourth-order valence-electron chi connectivity index (χ4n) is 1.97. The molecule has 10 heteroatoms. The summed E-state index contributed by atoms with van der Waals surface area (Å²) in [5.41, 5.74) is 0. The van der Waals surface area contributed by atoms with Crippen LogP contribution in [0.1, 0.15) is 11.4 Å². The van der Waals surface area contributed by atoms with E-state index in [-0.39, 0.29) is 11.1 Å². The molecule has 2 rings (SSSR count). The number of alkyl halides is 3. The van der Waals surface area contributed by atoms with Crippen molar-refractivity contribution in [3.05, 3.63) is 5.01 Å². The SMILES string of the molecule is COC(=O)CCN1CCN(c2nnc(C(F)(F)F)s2)CC1. The Labute approximate surface area is 123 Å². The van der Waals surface area contributed by atoms with Crippen molar-refractivity contribution in [2.45, 2.75) is 12.6 Å². The van der Waals surface area contributed by atoms with E-state index in [0.717, 1.165) is 0 Å². The number of carbonyl (C=O) groups excluding carboxylic acids is 1. The lowest BCUT2D eigenvalue weighted by molar-refractivity contribution is -0.141. The van der Waals surface area contributed by atoms with Gasteiger partial charge in [0.25, 0.3) is 0 Å². The van der Waals surface area contributed by atoms with Gasteiger partial charge in [-0.3, -0.25) is 9.69 Å². The van der Waals surface area contributed by atoms with Gasteiger partial charge in [0, 0.05) is 32.7 Å². The Morgan fingerprint density at radius 3 is 2.48 bits per heavy atom. The van der Waals surface area contributed by atoms with Crippen LogP contribution in [0.15, 0.2) is 0 Å². The van der Waals surface area contributed by atoms with E-state index < -0.39 is 11.2 Å². The van der Waals surface area contributed by atoms with E-state index >= 15 is 0 Å². The van der Waals surface area contributed by atoms with Crippen molar-refractivity contribution < 1.29 is 22.7 Å². The van der Waals surface area contributed by atoms with Crippen LogP contribution in [0.5, 0.6) is 0 Å². The predicted molar refractivity (Wildman–Crippen MR) is 70.2 cm³/mol. The van der Waals surface area contributed by atoms with E-state index in [1.54, 1.807) is 4.90 Å². The Hall–Kier alpha value is -1.42. The number of rotatable bonds is 4. The molecule has 0 unspecified atom stereocenters. The highest BCUT2D eigenvalue weighted by Crippen LogP contribution is 2.34.